The van der Waals surface area contributed by atoms with Gasteiger partial charge in [-0.3, -0.25) is 0 Å². The fourth-order valence-electron chi connectivity index (χ4n) is 2.25. The summed E-state index contributed by atoms with van der Waals surface area (Å²) in [6.45, 7) is 0. The Morgan fingerprint density at radius 2 is 2.33 bits per heavy atom. The Morgan fingerprint density at radius 1 is 1.53 bits per heavy atom. The zero-order chi connectivity index (χ0) is 10.8. The lowest BCUT2D eigenvalue weighted by Gasteiger charge is -2.25. The number of carbonyl (C=O) groups is 1. The highest BCUT2D eigenvalue weighted by atomic mass is 16.4. The topological polar surface area (TPSA) is 49.3 Å². The van der Waals surface area contributed by atoms with E-state index < -0.39 is 5.97 Å². The molecular weight excluding hydrogens is 190 g/mol. The van der Waals surface area contributed by atoms with E-state index in [1.807, 2.05) is 13.1 Å². The number of aryl methyl sites for hydroxylation is 1. The Kier molecular flexibility index (Phi) is 2.73. The molecule has 0 fully saturated rings. The molecule has 1 aliphatic carbocycles. The summed E-state index contributed by atoms with van der Waals surface area (Å²) < 4.78 is 0. The van der Waals surface area contributed by atoms with E-state index in [0.29, 0.717) is 11.6 Å². The van der Waals surface area contributed by atoms with Gasteiger partial charge in [-0.25, -0.2) is 4.79 Å². The molecule has 0 saturated carbocycles. The van der Waals surface area contributed by atoms with E-state index in [-0.39, 0.29) is 0 Å². The number of carboxylic acid groups (broad SMARTS) is 1. The molecule has 0 aliphatic heterocycles. The number of hydrogen-bond donors (Lipinski definition) is 2. The second-order valence-corrected chi connectivity index (χ2v) is 3.95. The summed E-state index contributed by atoms with van der Waals surface area (Å²) in [5.74, 6) is -0.843. The fraction of sp³-hybridized carbons (Fsp3) is 0.417. The van der Waals surface area contributed by atoms with Gasteiger partial charge in [0.05, 0.1) is 5.56 Å². The van der Waals surface area contributed by atoms with Crippen LogP contribution in [0.3, 0.4) is 0 Å². The number of benzene rings is 1. The van der Waals surface area contributed by atoms with Gasteiger partial charge < -0.3 is 10.4 Å². The van der Waals surface area contributed by atoms with E-state index in [4.69, 9.17) is 5.11 Å². The van der Waals surface area contributed by atoms with Crippen LogP contribution in [-0.4, -0.2) is 18.1 Å². The molecule has 3 heteroatoms. The van der Waals surface area contributed by atoms with Crippen LogP contribution in [0, 0.1) is 0 Å². The van der Waals surface area contributed by atoms with Crippen molar-refractivity contribution < 1.29 is 9.90 Å². The normalized spacial score (nSPS) is 19.7. The SMILES string of the molecule is CNC1CCCc2cc(C(=O)O)ccc21. The first-order chi connectivity index (χ1) is 7.22. The van der Waals surface area contributed by atoms with E-state index in [9.17, 15) is 4.79 Å². The van der Waals surface area contributed by atoms with Gasteiger partial charge >= 0.3 is 5.97 Å². The maximum absolute atomic E-state index is 10.8. The molecule has 3 nitrogen and oxygen atoms in total. The number of nitrogens with one attached hydrogen (secondary N) is 1. The van der Waals surface area contributed by atoms with Crippen LogP contribution >= 0.6 is 0 Å². The second-order valence-electron chi connectivity index (χ2n) is 3.95. The van der Waals surface area contributed by atoms with Crippen molar-refractivity contribution in [2.75, 3.05) is 7.05 Å². The molecule has 0 radical (unpaired) electrons. The van der Waals surface area contributed by atoms with Gasteiger partial charge in [0.25, 0.3) is 0 Å². The molecule has 0 heterocycles. The van der Waals surface area contributed by atoms with E-state index in [1.54, 1.807) is 12.1 Å². The third-order valence-corrected chi connectivity index (χ3v) is 3.05. The summed E-state index contributed by atoms with van der Waals surface area (Å²) in [6.07, 6.45) is 3.26. The van der Waals surface area contributed by atoms with Crippen molar-refractivity contribution in [3.63, 3.8) is 0 Å². The monoisotopic (exact) mass is 205 g/mol. The summed E-state index contributed by atoms with van der Waals surface area (Å²) in [4.78, 5) is 10.8. The highest BCUT2D eigenvalue weighted by Gasteiger charge is 2.19. The minimum atomic E-state index is -0.843. The lowest BCUT2D eigenvalue weighted by Crippen LogP contribution is -2.21. The predicted molar refractivity (Wildman–Crippen MR) is 58.1 cm³/mol. The maximum Gasteiger partial charge on any atom is 0.335 e. The first kappa shape index (κ1) is 10.2. The van der Waals surface area contributed by atoms with Crippen LogP contribution in [0.4, 0.5) is 0 Å². The average Bonchev–Trinajstić information content (AvgIpc) is 2.27. The fourth-order valence-corrected chi connectivity index (χ4v) is 2.25. The Morgan fingerprint density at radius 3 is 3.00 bits per heavy atom. The Hall–Kier alpha value is -1.35. The lowest BCUT2D eigenvalue weighted by molar-refractivity contribution is 0.0696. The van der Waals surface area contributed by atoms with Crippen molar-refractivity contribution in [3.05, 3.63) is 34.9 Å². The zero-order valence-corrected chi connectivity index (χ0v) is 8.79. The van der Waals surface area contributed by atoms with Crippen LogP contribution in [0.5, 0.6) is 0 Å². The van der Waals surface area contributed by atoms with E-state index in [0.717, 1.165) is 19.3 Å². The number of aromatic carboxylic acids is 1. The largest absolute Gasteiger partial charge is 0.478 e. The molecule has 0 spiro atoms. The van der Waals surface area contributed by atoms with Crippen molar-refractivity contribution in [3.8, 4) is 0 Å². The first-order valence-corrected chi connectivity index (χ1v) is 5.25. The summed E-state index contributed by atoms with van der Waals surface area (Å²) in [6, 6.07) is 5.83. The molecule has 1 aromatic carbocycles. The van der Waals surface area contributed by atoms with E-state index >= 15 is 0 Å². The highest BCUT2D eigenvalue weighted by Crippen LogP contribution is 2.29. The molecule has 15 heavy (non-hydrogen) atoms. The van der Waals surface area contributed by atoms with Gasteiger partial charge in [0, 0.05) is 6.04 Å². The summed E-state index contributed by atoms with van der Waals surface area (Å²) in [5, 5.41) is 12.2. The Labute approximate surface area is 89.1 Å². The van der Waals surface area contributed by atoms with Gasteiger partial charge in [0.2, 0.25) is 0 Å². The molecule has 80 valence electrons. The second kappa shape index (κ2) is 4.03. The molecule has 0 aromatic heterocycles. The average molecular weight is 205 g/mol. The molecule has 2 rings (SSSR count). The number of fused-ring (bicyclic) bond motifs is 1. The Bertz CT molecular complexity index is 387. The van der Waals surface area contributed by atoms with Gasteiger partial charge in [0.1, 0.15) is 0 Å². The van der Waals surface area contributed by atoms with Gasteiger partial charge in [-0.1, -0.05) is 6.07 Å². The maximum atomic E-state index is 10.8. The van der Waals surface area contributed by atoms with Crippen molar-refractivity contribution >= 4 is 5.97 Å². The summed E-state index contributed by atoms with van der Waals surface area (Å²) >= 11 is 0. The molecule has 1 unspecified atom stereocenters. The zero-order valence-electron chi connectivity index (χ0n) is 8.79. The van der Waals surface area contributed by atoms with Crippen LogP contribution in [0.15, 0.2) is 18.2 Å². The third-order valence-electron chi connectivity index (χ3n) is 3.05. The van der Waals surface area contributed by atoms with Crippen LogP contribution in [0.1, 0.15) is 40.4 Å². The van der Waals surface area contributed by atoms with E-state index in [1.165, 1.54) is 11.1 Å². The standard InChI is InChI=1S/C12H15NO2/c1-13-11-4-2-3-8-7-9(12(14)15)5-6-10(8)11/h5-7,11,13H,2-4H2,1H3,(H,14,15). The smallest absolute Gasteiger partial charge is 0.335 e. The van der Waals surface area contributed by atoms with Crippen LogP contribution in [0.2, 0.25) is 0 Å². The molecule has 1 aromatic rings. The minimum Gasteiger partial charge on any atom is -0.478 e. The van der Waals surface area contributed by atoms with Gasteiger partial charge in [-0.15, -0.1) is 0 Å². The lowest BCUT2D eigenvalue weighted by atomic mass is 9.87. The minimum absolute atomic E-state index is 0.386. The van der Waals surface area contributed by atoms with Crippen LogP contribution < -0.4 is 5.32 Å². The summed E-state index contributed by atoms with van der Waals surface area (Å²) in [5.41, 5.74) is 2.83. The molecule has 2 N–H and O–H groups in total. The molecule has 0 amide bonds. The number of rotatable bonds is 2. The van der Waals surface area contributed by atoms with Crippen molar-refractivity contribution in [1.82, 2.24) is 5.32 Å². The first-order valence-electron chi connectivity index (χ1n) is 5.25. The quantitative estimate of drug-likeness (QED) is 0.776. The van der Waals surface area contributed by atoms with Gasteiger partial charge in [-0.05, 0) is 49.6 Å². The van der Waals surface area contributed by atoms with Crippen LogP contribution in [-0.2, 0) is 6.42 Å². The number of carboxylic acids is 1. The van der Waals surface area contributed by atoms with Crippen molar-refractivity contribution in [2.24, 2.45) is 0 Å². The van der Waals surface area contributed by atoms with E-state index in [2.05, 4.69) is 5.32 Å². The molecule has 1 aliphatic rings. The molecule has 0 bridgehead atoms. The van der Waals surface area contributed by atoms with Crippen LogP contribution in [0.25, 0.3) is 0 Å². The highest BCUT2D eigenvalue weighted by molar-refractivity contribution is 5.87. The van der Waals surface area contributed by atoms with Crippen molar-refractivity contribution in [1.29, 1.82) is 0 Å². The number of hydrogen-bond acceptors (Lipinski definition) is 2. The molecule has 1 atom stereocenters. The van der Waals surface area contributed by atoms with Gasteiger partial charge in [-0.2, -0.15) is 0 Å². The third kappa shape index (κ3) is 1.88. The van der Waals surface area contributed by atoms with Gasteiger partial charge in [0.15, 0.2) is 0 Å². The summed E-state index contributed by atoms with van der Waals surface area (Å²) in [7, 11) is 1.95. The Balaban J connectivity index is 2.40. The molecular formula is C12H15NO2. The predicted octanol–water partition coefficient (Wildman–Crippen LogP) is 1.98. The van der Waals surface area contributed by atoms with Crippen molar-refractivity contribution in [2.45, 2.75) is 25.3 Å². The molecule has 0 saturated heterocycles.